The minimum absolute atomic E-state index is 0.112. The summed E-state index contributed by atoms with van der Waals surface area (Å²) in [7, 11) is 0. The van der Waals surface area contributed by atoms with Gasteiger partial charge in [-0.2, -0.15) is 0 Å². The Morgan fingerprint density at radius 1 is 0.333 bits per heavy atom. The zero-order valence-corrected chi connectivity index (χ0v) is 36.5. The van der Waals surface area contributed by atoms with Gasteiger partial charge in [0.25, 0.3) is 0 Å². The lowest BCUT2D eigenvalue weighted by Gasteiger charge is -2.22. The minimum atomic E-state index is -0.112. The molecule has 3 aromatic heterocycles. The molecule has 304 valence electrons. The minimum Gasteiger partial charge on any atom is -0.456 e. The zero-order valence-electron chi connectivity index (χ0n) is 36.5. The smallest absolute Gasteiger partial charge is 0.136 e. The standard InChI is InChI=1S/C60H47NO2/c1-59(2,3)42-32-49(40-23-27-47-45-15-9-11-17-53(45)62-55(47)30-40)57-51(34-42)52-35-43(60(4,5)6)33-50(41-24-28-48-46-16-10-12-18-54(46)63-56(48)31-41)58(52)61(57)44-25-21-37(22-26-44)39-20-19-36-13-7-8-14-38(36)29-39/h7-35H,1-6H3. The third-order valence-electron chi connectivity index (χ3n) is 13.3. The molecule has 0 unspecified atom stereocenters. The quantitative estimate of drug-likeness (QED) is 0.177. The summed E-state index contributed by atoms with van der Waals surface area (Å²) in [6.07, 6.45) is 0. The topological polar surface area (TPSA) is 31.2 Å². The highest BCUT2D eigenvalue weighted by Crippen LogP contribution is 2.47. The second-order valence-electron chi connectivity index (χ2n) is 19.4. The fourth-order valence-corrected chi connectivity index (χ4v) is 9.80. The van der Waals surface area contributed by atoms with E-state index in [9.17, 15) is 0 Å². The van der Waals surface area contributed by atoms with Crippen molar-refractivity contribution in [2.75, 3.05) is 0 Å². The summed E-state index contributed by atoms with van der Waals surface area (Å²) < 4.78 is 15.6. The van der Waals surface area contributed by atoms with Crippen molar-refractivity contribution in [2.24, 2.45) is 0 Å². The van der Waals surface area contributed by atoms with Crippen molar-refractivity contribution < 1.29 is 8.83 Å². The summed E-state index contributed by atoms with van der Waals surface area (Å²) in [5.41, 5.74) is 16.3. The molecule has 3 heteroatoms. The summed E-state index contributed by atoms with van der Waals surface area (Å²) in [5, 5.41) is 9.46. The summed E-state index contributed by atoms with van der Waals surface area (Å²) in [4.78, 5) is 0. The van der Waals surface area contributed by atoms with Gasteiger partial charge in [0.15, 0.2) is 0 Å². The van der Waals surface area contributed by atoms with Crippen molar-refractivity contribution in [3.8, 4) is 39.1 Å². The fraction of sp³-hybridized carbons (Fsp3) is 0.133. The first kappa shape index (κ1) is 37.4. The van der Waals surface area contributed by atoms with Gasteiger partial charge in [0, 0.05) is 49.1 Å². The van der Waals surface area contributed by atoms with Crippen molar-refractivity contribution in [3.63, 3.8) is 0 Å². The number of hydrogen-bond acceptors (Lipinski definition) is 2. The van der Waals surface area contributed by atoms with Crippen molar-refractivity contribution in [1.29, 1.82) is 0 Å². The van der Waals surface area contributed by atoms with E-state index in [1.54, 1.807) is 0 Å². The predicted octanol–water partition coefficient (Wildman–Crippen LogP) is 17.3. The molecule has 3 nitrogen and oxygen atoms in total. The van der Waals surface area contributed by atoms with E-state index < -0.39 is 0 Å². The van der Waals surface area contributed by atoms with Crippen LogP contribution in [0.15, 0.2) is 185 Å². The number of fused-ring (bicyclic) bond motifs is 10. The molecule has 12 rings (SSSR count). The van der Waals surface area contributed by atoms with Crippen LogP contribution in [0.3, 0.4) is 0 Å². The number of benzene rings is 9. The van der Waals surface area contributed by atoms with Gasteiger partial charge in [-0.3, -0.25) is 0 Å². The first-order valence-electron chi connectivity index (χ1n) is 22.1. The highest BCUT2D eigenvalue weighted by Gasteiger charge is 2.27. The third-order valence-corrected chi connectivity index (χ3v) is 13.3. The van der Waals surface area contributed by atoms with E-state index in [1.165, 1.54) is 66.0 Å². The highest BCUT2D eigenvalue weighted by molar-refractivity contribution is 6.19. The molecule has 0 aliphatic heterocycles. The van der Waals surface area contributed by atoms with E-state index >= 15 is 0 Å². The molecule has 9 aromatic carbocycles. The number of nitrogens with zero attached hydrogens (tertiary/aromatic N) is 1. The van der Waals surface area contributed by atoms with Gasteiger partial charge in [-0.05, 0) is 134 Å². The van der Waals surface area contributed by atoms with Crippen molar-refractivity contribution in [1.82, 2.24) is 4.57 Å². The van der Waals surface area contributed by atoms with Crippen LogP contribution < -0.4 is 0 Å². The normalized spacial score (nSPS) is 12.6. The average molecular weight is 814 g/mol. The van der Waals surface area contributed by atoms with Gasteiger partial charge in [-0.1, -0.05) is 139 Å². The molecular formula is C60H47NO2. The molecule has 0 bridgehead atoms. The van der Waals surface area contributed by atoms with E-state index in [4.69, 9.17) is 8.83 Å². The van der Waals surface area contributed by atoms with Crippen LogP contribution in [0, 0.1) is 0 Å². The van der Waals surface area contributed by atoms with Crippen LogP contribution in [0.25, 0.3) is 116 Å². The SMILES string of the molecule is CC(C)(C)c1cc(-c2ccc3c(c2)oc2ccccc23)c2c(c1)c1cc(C(C)(C)C)cc(-c3ccc4c(c3)oc3ccccc34)c1n2-c1ccc(-c2ccc3ccccc3c2)cc1. The summed E-state index contributed by atoms with van der Waals surface area (Å²) >= 11 is 0. The van der Waals surface area contributed by atoms with Gasteiger partial charge in [0.05, 0.1) is 11.0 Å². The molecule has 0 spiro atoms. The average Bonchev–Trinajstić information content (AvgIpc) is 3.97. The van der Waals surface area contributed by atoms with Crippen LogP contribution in [0.2, 0.25) is 0 Å². The Labute approximate surface area is 366 Å². The maximum absolute atomic E-state index is 6.55. The molecule has 0 atom stereocenters. The van der Waals surface area contributed by atoms with Crippen LogP contribution in [-0.4, -0.2) is 4.57 Å². The Balaban J connectivity index is 1.19. The number of rotatable bonds is 4. The molecule has 3 heterocycles. The molecule has 0 saturated carbocycles. The van der Waals surface area contributed by atoms with Crippen LogP contribution in [0.5, 0.6) is 0 Å². The van der Waals surface area contributed by atoms with Gasteiger partial charge in [-0.25, -0.2) is 0 Å². The molecular weight excluding hydrogens is 767 g/mol. The lowest BCUT2D eigenvalue weighted by Crippen LogP contribution is -2.11. The van der Waals surface area contributed by atoms with E-state index in [-0.39, 0.29) is 10.8 Å². The van der Waals surface area contributed by atoms with Crippen LogP contribution in [0.1, 0.15) is 52.7 Å². The van der Waals surface area contributed by atoms with Crippen molar-refractivity contribution in [2.45, 2.75) is 52.4 Å². The van der Waals surface area contributed by atoms with Gasteiger partial charge in [0.1, 0.15) is 22.3 Å². The Bertz CT molecular complexity index is 3610. The van der Waals surface area contributed by atoms with Gasteiger partial charge in [-0.15, -0.1) is 0 Å². The largest absolute Gasteiger partial charge is 0.456 e. The van der Waals surface area contributed by atoms with E-state index in [0.29, 0.717) is 0 Å². The molecule has 0 amide bonds. The zero-order chi connectivity index (χ0) is 42.8. The van der Waals surface area contributed by atoms with Gasteiger partial charge in [0.2, 0.25) is 0 Å². The second-order valence-corrected chi connectivity index (χ2v) is 19.4. The maximum atomic E-state index is 6.55. The Morgan fingerprint density at radius 2 is 0.778 bits per heavy atom. The molecule has 12 aromatic rings. The number of furan rings is 2. The van der Waals surface area contributed by atoms with Crippen LogP contribution in [-0.2, 0) is 10.8 Å². The first-order chi connectivity index (χ1) is 30.5. The molecule has 0 aliphatic rings. The lowest BCUT2D eigenvalue weighted by molar-refractivity contribution is 0.590. The molecule has 63 heavy (non-hydrogen) atoms. The maximum Gasteiger partial charge on any atom is 0.136 e. The third kappa shape index (κ3) is 6.02. The number of para-hydroxylation sites is 2. The monoisotopic (exact) mass is 813 g/mol. The summed E-state index contributed by atoms with van der Waals surface area (Å²) in [6, 6.07) is 64.5. The second kappa shape index (κ2) is 13.6. The van der Waals surface area contributed by atoms with E-state index in [1.807, 2.05) is 12.1 Å². The lowest BCUT2D eigenvalue weighted by atomic mass is 9.82. The Kier molecular flexibility index (Phi) is 8.06. The predicted molar refractivity (Wildman–Crippen MR) is 267 cm³/mol. The molecule has 0 N–H and O–H groups in total. The number of aromatic nitrogens is 1. The van der Waals surface area contributed by atoms with E-state index in [0.717, 1.165) is 60.7 Å². The number of hydrogen-bond donors (Lipinski definition) is 0. The van der Waals surface area contributed by atoms with Gasteiger partial charge < -0.3 is 13.4 Å². The molecule has 0 aliphatic carbocycles. The summed E-state index contributed by atoms with van der Waals surface area (Å²) in [6.45, 7) is 13.9. The van der Waals surface area contributed by atoms with Crippen molar-refractivity contribution >= 4 is 76.5 Å². The molecule has 0 fully saturated rings. The first-order valence-corrected chi connectivity index (χ1v) is 22.1. The van der Waals surface area contributed by atoms with Gasteiger partial charge >= 0.3 is 0 Å². The Morgan fingerprint density at radius 3 is 1.30 bits per heavy atom. The summed E-state index contributed by atoms with van der Waals surface area (Å²) in [5.74, 6) is 0. The van der Waals surface area contributed by atoms with Crippen LogP contribution in [0.4, 0.5) is 0 Å². The Hall–Kier alpha value is -7.36. The molecule has 0 radical (unpaired) electrons. The van der Waals surface area contributed by atoms with Crippen molar-refractivity contribution in [3.05, 3.63) is 187 Å². The fourth-order valence-electron chi connectivity index (χ4n) is 9.80. The van der Waals surface area contributed by atoms with Crippen LogP contribution >= 0.6 is 0 Å². The van der Waals surface area contributed by atoms with E-state index in [2.05, 4.69) is 210 Å². The highest BCUT2D eigenvalue weighted by atomic mass is 16.3. The molecule has 0 saturated heterocycles.